The molecule has 2 atom stereocenters. The second-order valence-electron chi connectivity index (χ2n) is 10.4. The maximum absolute atomic E-state index is 14.6. The van der Waals surface area contributed by atoms with Gasteiger partial charge in [0.2, 0.25) is 0 Å². The number of aryl methyl sites for hydroxylation is 2. The van der Waals surface area contributed by atoms with Crippen molar-refractivity contribution in [3.8, 4) is 28.3 Å². The number of benzene rings is 1. The van der Waals surface area contributed by atoms with Crippen molar-refractivity contribution in [3.63, 3.8) is 0 Å². The number of anilines is 1. The van der Waals surface area contributed by atoms with Gasteiger partial charge in [-0.25, -0.2) is 9.37 Å². The van der Waals surface area contributed by atoms with Crippen molar-refractivity contribution >= 4 is 23.4 Å². The van der Waals surface area contributed by atoms with E-state index in [1.807, 2.05) is 51.7 Å². The number of halogens is 2. The zero-order valence-corrected chi connectivity index (χ0v) is 24.4. The molecule has 0 aliphatic carbocycles. The van der Waals surface area contributed by atoms with Gasteiger partial charge in [0, 0.05) is 60.2 Å². The van der Waals surface area contributed by atoms with Crippen LogP contribution in [0.5, 0.6) is 5.75 Å². The lowest BCUT2D eigenvalue weighted by molar-refractivity contribution is -0.145. The monoisotopic (exact) mass is 581 g/mol. The average molecular weight is 582 g/mol. The van der Waals surface area contributed by atoms with Crippen LogP contribution < -0.4 is 15.8 Å². The molecule has 216 valence electrons. The zero-order valence-electron chi connectivity index (χ0n) is 23.6. The van der Waals surface area contributed by atoms with Crippen molar-refractivity contribution in [1.82, 2.24) is 24.5 Å². The number of hydrogen-bond donors (Lipinski definition) is 2. The van der Waals surface area contributed by atoms with E-state index in [1.165, 1.54) is 12.1 Å². The van der Waals surface area contributed by atoms with Crippen LogP contribution >= 0.6 is 11.6 Å². The van der Waals surface area contributed by atoms with E-state index in [2.05, 4.69) is 15.4 Å². The van der Waals surface area contributed by atoms with E-state index in [0.29, 0.717) is 40.9 Å². The normalized spacial score (nSPS) is 15.1. The Bertz CT molecular complexity index is 1600. The summed E-state index contributed by atoms with van der Waals surface area (Å²) in [5.41, 5.74) is 11.2. The van der Waals surface area contributed by atoms with Gasteiger partial charge in [-0.15, -0.1) is 0 Å². The summed E-state index contributed by atoms with van der Waals surface area (Å²) < 4.78 is 29.9. The Kier molecular flexibility index (Phi) is 8.01. The van der Waals surface area contributed by atoms with Crippen LogP contribution in [0.1, 0.15) is 50.5 Å². The third-order valence-electron chi connectivity index (χ3n) is 7.15. The molecule has 5 rings (SSSR count). The van der Waals surface area contributed by atoms with Crippen molar-refractivity contribution in [2.45, 2.75) is 52.8 Å². The van der Waals surface area contributed by atoms with Gasteiger partial charge in [-0.05, 0) is 44.0 Å². The average Bonchev–Trinajstić information content (AvgIpc) is 3.46. The maximum atomic E-state index is 14.6. The molecule has 41 heavy (non-hydrogen) atoms. The Hall–Kier alpha value is -3.96. The molecule has 3 aromatic heterocycles. The molecule has 0 saturated carbocycles. The smallest absolute Gasteiger partial charge is 0.324 e. The van der Waals surface area contributed by atoms with Crippen LogP contribution in [-0.4, -0.2) is 43.3 Å². The minimum atomic E-state index is -0.742. The first kappa shape index (κ1) is 28.6. The lowest BCUT2D eigenvalue weighted by Crippen LogP contribution is -2.37. The van der Waals surface area contributed by atoms with Crippen LogP contribution in [0.2, 0.25) is 5.15 Å². The maximum Gasteiger partial charge on any atom is 0.324 e. The van der Waals surface area contributed by atoms with Crippen LogP contribution in [0.3, 0.4) is 0 Å². The lowest BCUT2D eigenvalue weighted by atomic mass is 9.94. The number of hydrogen-bond acceptors (Lipinski definition) is 8. The minimum absolute atomic E-state index is 0.0669. The molecule has 4 heterocycles. The predicted molar refractivity (Wildman–Crippen MR) is 154 cm³/mol. The van der Waals surface area contributed by atoms with Gasteiger partial charge in [-0.2, -0.15) is 10.2 Å². The summed E-state index contributed by atoms with van der Waals surface area (Å²) >= 11 is 6.71. The first-order chi connectivity index (χ1) is 19.6. The topological polar surface area (TPSA) is 122 Å². The molecule has 4 aromatic rings. The number of carbonyl (C=O) groups excluding carboxylic acids is 1. The molecule has 12 heteroatoms. The molecule has 0 saturated heterocycles. The number of aromatic nitrogens is 5. The summed E-state index contributed by atoms with van der Waals surface area (Å²) in [4.78, 5) is 16.9. The van der Waals surface area contributed by atoms with E-state index in [0.717, 1.165) is 27.9 Å². The van der Waals surface area contributed by atoms with Crippen molar-refractivity contribution in [2.24, 2.45) is 18.7 Å². The quantitative estimate of drug-likeness (QED) is 0.238. The fraction of sp³-hybridized carbons (Fsp3) is 0.379. The highest BCUT2D eigenvalue weighted by Crippen LogP contribution is 2.40. The predicted octanol–water partition coefficient (Wildman–Crippen LogP) is 5.10. The Labute approximate surface area is 242 Å². The lowest BCUT2D eigenvalue weighted by Gasteiger charge is -2.22. The third kappa shape index (κ3) is 5.64. The van der Waals surface area contributed by atoms with Crippen molar-refractivity contribution in [3.05, 3.63) is 64.3 Å². The number of fused-ring (bicyclic) bond motifs is 7. The Balaban J connectivity index is 1.63. The van der Waals surface area contributed by atoms with Crippen LogP contribution in [0.25, 0.3) is 22.5 Å². The molecular formula is C29H33ClFN7O3. The van der Waals surface area contributed by atoms with Crippen LogP contribution in [-0.2, 0) is 29.5 Å². The number of ether oxygens (including phenoxy) is 2. The highest BCUT2D eigenvalue weighted by atomic mass is 35.5. The zero-order chi connectivity index (χ0) is 29.4. The van der Waals surface area contributed by atoms with Crippen molar-refractivity contribution < 1.29 is 18.7 Å². The number of pyridine rings is 1. The molecule has 3 N–H and O–H groups in total. The van der Waals surface area contributed by atoms with Gasteiger partial charge in [0.05, 0.1) is 11.4 Å². The summed E-state index contributed by atoms with van der Waals surface area (Å²) in [5.74, 6) is -0.263. The van der Waals surface area contributed by atoms with Crippen molar-refractivity contribution in [1.29, 1.82) is 0 Å². The number of rotatable bonds is 6. The number of nitrogens with one attached hydrogen (secondary N) is 1. The number of esters is 1. The van der Waals surface area contributed by atoms with Gasteiger partial charge < -0.3 is 20.5 Å². The summed E-state index contributed by atoms with van der Waals surface area (Å²) in [7, 11) is 1.85. The Morgan fingerprint density at radius 1 is 1.32 bits per heavy atom. The van der Waals surface area contributed by atoms with Gasteiger partial charge in [-0.1, -0.05) is 25.4 Å². The molecule has 0 spiro atoms. The van der Waals surface area contributed by atoms with E-state index in [1.54, 1.807) is 16.9 Å². The van der Waals surface area contributed by atoms with Gasteiger partial charge in [-0.3, -0.25) is 14.2 Å². The summed E-state index contributed by atoms with van der Waals surface area (Å²) in [6.45, 7) is 7.93. The fourth-order valence-electron chi connectivity index (χ4n) is 4.94. The van der Waals surface area contributed by atoms with Gasteiger partial charge in [0.1, 0.15) is 18.0 Å². The molecule has 0 fully saturated rings. The second kappa shape index (κ2) is 11.5. The molecule has 2 bridgehead atoms. The molecule has 10 nitrogen and oxygen atoms in total. The fourth-order valence-corrected chi connectivity index (χ4v) is 5.19. The molecule has 1 aliphatic rings. The van der Waals surface area contributed by atoms with E-state index >= 15 is 0 Å². The Morgan fingerprint density at radius 2 is 2.10 bits per heavy atom. The summed E-state index contributed by atoms with van der Waals surface area (Å²) in [6.07, 6.45) is 3.48. The summed E-state index contributed by atoms with van der Waals surface area (Å²) in [5, 5.41) is 12.7. The van der Waals surface area contributed by atoms with Crippen LogP contribution in [0.4, 0.5) is 10.2 Å². The first-order valence-electron chi connectivity index (χ1n) is 13.5. The van der Waals surface area contributed by atoms with Gasteiger partial charge in [0.15, 0.2) is 23.5 Å². The molecule has 0 amide bonds. The van der Waals surface area contributed by atoms with Gasteiger partial charge >= 0.3 is 5.97 Å². The number of nitrogens with zero attached hydrogens (tertiary/aromatic N) is 5. The standard InChI is InChI=1S/C29H33ClFN7O3/c1-6-38-26-17-10-23(28(33-12-17)34-14-40-29(39)24(32)15(2)3)41-16(4)21-11-19(31)7-8-20(21)25-18(13-37(5)35-25)9-22(26)27(30)36-38/h7-8,10-13,15-16,24H,6,9,14,32H2,1-5H3,(H,33,34)/t16-,24+/m1/s1. The highest BCUT2D eigenvalue weighted by Gasteiger charge is 2.26. The molecule has 1 aromatic carbocycles. The second-order valence-corrected chi connectivity index (χ2v) is 10.8. The summed E-state index contributed by atoms with van der Waals surface area (Å²) in [6, 6.07) is 5.67. The Morgan fingerprint density at radius 3 is 2.83 bits per heavy atom. The SMILES string of the molecule is CCn1nc(Cl)c2c1-c1cnc(NCOC(=O)[C@@H](N)C(C)C)c(c1)O[C@H](C)c1cc(F)ccc1-c1nn(C)cc1C2. The van der Waals surface area contributed by atoms with E-state index in [4.69, 9.17) is 31.9 Å². The van der Waals surface area contributed by atoms with Crippen LogP contribution in [0, 0.1) is 11.7 Å². The molecule has 1 aliphatic heterocycles. The first-order valence-corrected chi connectivity index (χ1v) is 13.9. The third-order valence-corrected chi connectivity index (χ3v) is 7.46. The molecule has 0 radical (unpaired) electrons. The van der Waals surface area contributed by atoms with E-state index < -0.39 is 23.9 Å². The van der Waals surface area contributed by atoms with E-state index in [9.17, 15) is 9.18 Å². The van der Waals surface area contributed by atoms with Crippen molar-refractivity contribution in [2.75, 3.05) is 12.0 Å². The number of nitrogens with two attached hydrogens (primary N) is 1. The molecule has 0 unspecified atom stereocenters. The minimum Gasteiger partial charge on any atom is -0.482 e. The highest BCUT2D eigenvalue weighted by molar-refractivity contribution is 6.30. The van der Waals surface area contributed by atoms with E-state index in [-0.39, 0.29) is 12.6 Å². The molecular weight excluding hydrogens is 549 g/mol. The largest absolute Gasteiger partial charge is 0.482 e. The van der Waals surface area contributed by atoms with Gasteiger partial charge in [0.25, 0.3) is 0 Å². The number of carbonyl (C=O) groups is 1. The van der Waals surface area contributed by atoms with Crippen LogP contribution in [0.15, 0.2) is 36.7 Å².